The zero-order valence-corrected chi connectivity index (χ0v) is 14.4. The van der Waals surface area contributed by atoms with E-state index in [1.807, 2.05) is 24.3 Å². The van der Waals surface area contributed by atoms with Gasteiger partial charge in [0.25, 0.3) is 0 Å². The molecule has 0 amide bonds. The molecule has 0 spiro atoms. The largest absolute Gasteiger partial charge is 0.418 e. The molecule has 0 fully saturated rings. The van der Waals surface area contributed by atoms with Crippen molar-refractivity contribution >= 4 is 46.8 Å². The molecule has 0 aliphatic rings. The second kappa shape index (κ2) is 5.39. The molecule has 0 saturated heterocycles. The fourth-order valence-corrected chi connectivity index (χ4v) is 4.59. The minimum atomic E-state index is -2.52. The first-order chi connectivity index (χ1) is 12.2. The average molecular weight is 339 g/mol. The molecule has 5 rings (SSSR count). The number of hydrogen-bond acceptors (Lipinski definition) is 2. The summed E-state index contributed by atoms with van der Waals surface area (Å²) in [5.74, 6) is 0. The van der Waals surface area contributed by atoms with Crippen LogP contribution < -0.4 is 5.19 Å². The summed E-state index contributed by atoms with van der Waals surface area (Å²) in [4.78, 5) is 19.7. The normalized spacial score (nSPS) is 12.0. The van der Waals surface area contributed by atoms with E-state index in [4.69, 9.17) is 0 Å². The SMILES string of the molecule is O[Si](O)c1ccccc1-c1ccc2ccc3cccc4ccc1c2c34. The van der Waals surface area contributed by atoms with E-state index < -0.39 is 9.28 Å². The standard InChI is InChI=1S/C22H15O2Si/c23-25(24)20-7-2-1-6-18(20)17-12-10-16-9-8-14-4-3-5-15-11-13-19(17)22(16)21(14)15/h1-13,23-24H. The van der Waals surface area contributed by atoms with E-state index in [0.717, 1.165) is 16.5 Å². The molecule has 5 aromatic rings. The predicted molar refractivity (Wildman–Crippen MR) is 105 cm³/mol. The van der Waals surface area contributed by atoms with Crippen LogP contribution in [0.1, 0.15) is 0 Å². The summed E-state index contributed by atoms with van der Waals surface area (Å²) in [6.07, 6.45) is 0. The van der Waals surface area contributed by atoms with E-state index in [0.29, 0.717) is 5.19 Å². The molecule has 1 radical (unpaired) electrons. The monoisotopic (exact) mass is 339 g/mol. The molecular formula is C22H15O2Si. The summed E-state index contributed by atoms with van der Waals surface area (Å²) in [5.41, 5.74) is 1.95. The third-order valence-corrected chi connectivity index (χ3v) is 5.90. The first-order valence-corrected chi connectivity index (χ1v) is 9.65. The third-order valence-electron chi connectivity index (χ3n) is 4.99. The van der Waals surface area contributed by atoms with Crippen molar-refractivity contribution in [2.75, 3.05) is 0 Å². The predicted octanol–water partition coefficient (Wildman–Crippen LogP) is 3.93. The van der Waals surface area contributed by atoms with Gasteiger partial charge < -0.3 is 9.59 Å². The Bertz CT molecular complexity index is 1210. The fraction of sp³-hybridized carbons (Fsp3) is 0. The Kier molecular flexibility index (Phi) is 3.15. The fourth-order valence-electron chi connectivity index (χ4n) is 3.88. The molecule has 0 aromatic heterocycles. The molecule has 5 aromatic carbocycles. The molecule has 0 saturated carbocycles. The zero-order chi connectivity index (χ0) is 17.0. The molecule has 2 nitrogen and oxygen atoms in total. The molecule has 2 N–H and O–H groups in total. The highest BCUT2D eigenvalue weighted by molar-refractivity contribution is 6.60. The number of benzene rings is 5. The van der Waals surface area contributed by atoms with Crippen LogP contribution >= 0.6 is 0 Å². The molecule has 119 valence electrons. The maximum atomic E-state index is 9.87. The minimum Gasteiger partial charge on any atom is -0.406 e. The van der Waals surface area contributed by atoms with Crippen LogP contribution in [0.2, 0.25) is 0 Å². The van der Waals surface area contributed by atoms with Crippen molar-refractivity contribution in [3.63, 3.8) is 0 Å². The Morgan fingerprint density at radius 3 is 1.92 bits per heavy atom. The topological polar surface area (TPSA) is 40.5 Å². The van der Waals surface area contributed by atoms with Crippen LogP contribution in [0, 0.1) is 0 Å². The van der Waals surface area contributed by atoms with Crippen LogP contribution in [-0.4, -0.2) is 18.9 Å². The molecular weight excluding hydrogens is 324 g/mol. The maximum absolute atomic E-state index is 9.87. The first-order valence-electron chi connectivity index (χ1n) is 8.25. The van der Waals surface area contributed by atoms with Gasteiger partial charge in [-0.05, 0) is 43.4 Å². The Labute approximate surface area is 146 Å². The van der Waals surface area contributed by atoms with Crippen LogP contribution in [0.25, 0.3) is 43.4 Å². The van der Waals surface area contributed by atoms with Gasteiger partial charge in [-0.3, -0.25) is 0 Å². The van der Waals surface area contributed by atoms with E-state index in [1.165, 1.54) is 26.9 Å². The minimum absolute atomic E-state index is 0.627. The van der Waals surface area contributed by atoms with Crippen molar-refractivity contribution in [3.8, 4) is 11.1 Å². The van der Waals surface area contributed by atoms with Gasteiger partial charge in [0, 0.05) is 5.19 Å². The van der Waals surface area contributed by atoms with Gasteiger partial charge >= 0.3 is 9.28 Å². The molecule has 3 heteroatoms. The number of hydrogen-bond donors (Lipinski definition) is 2. The highest BCUT2D eigenvalue weighted by Crippen LogP contribution is 2.38. The van der Waals surface area contributed by atoms with Gasteiger partial charge in [0.2, 0.25) is 0 Å². The Morgan fingerprint density at radius 2 is 1.16 bits per heavy atom. The maximum Gasteiger partial charge on any atom is 0.418 e. The van der Waals surface area contributed by atoms with Crippen LogP contribution in [0.4, 0.5) is 0 Å². The van der Waals surface area contributed by atoms with Crippen LogP contribution in [0.3, 0.4) is 0 Å². The quantitative estimate of drug-likeness (QED) is 0.378. The number of rotatable bonds is 2. The Balaban J connectivity index is 1.95. The van der Waals surface area contributed by atoms with Crippen molar-refractivity contribution in [2.24, 2.45) is 0 Å². The van der Waals surface area contributed by atoms with Crippen molar-refractivity contribution in [2.45, 2.75) is 0 Å². The molecule has 0 heterocycles. The highest BCUT2D eigenvalue weighted by Gasteiger charge is 2.18. The van der Waals surface area contributed by atoms with Gasteiger partial charge in [-0.2, -0.15) is 0 Å². The van der Waals surface area contributed by atoms with Crippen LogP contribution in [0.15, 0.2) is 78.9 Å². The lowest BCUT2D eigenvalue weighted by Gasteiger charge is -2.16. The smallest absolute Gasteiger partial charge is 0.406 e. The molecule has 0 atom stereocenters. The van der Waals surface area contributed by atoms with Gasteiger partial charge in [-0.25, -0.2) is 0 Å². The van der Waals surface area contributed by atoms with E-state index in [9.17, 15) is 9.59 Å². The van der Waals surface area contributed by atoms with Crippen LogP contribution in [0.5, 0.6) is 0 Å². The summed E-state index contributed by atoms with van der Waals surface area (Å²) in [7, 11) is -2.52. The summed E-state index contributed by atoms with van der Waals surface area (Å²) < 4.78 is 0. The lowest BCUT2D eigenvalue weighted by atomic mass is 9.90. The van der Waals surface area contributed by atoms with Gasteiger partial charge in [-0.1, -0.05) is 78.9 Å². The van der Waals surface area contributed by atoms with E-state index in [-0.39, 0.29) is 0 Å². The van der Waals surface area contributed by atoms with Gasteiger partial charge in [0.15, 0.2) is 0 Å². The average Bonchev–Trinajstić information content (AvgIpc) is 2.66. The van der Waals surface area contributed by atoms with Crippen molar-refractivity contribution in [3.05, 3.63) is 78.9 Å². The van der Waals surface area contributed by atoms with Crippen molar-refractivity contribution < 1.29 is 9.59 Å². The lowest BCUT2D eigenvalue weighted by Crippen LogP contribution is -2.31. The lowest BCUT2D eigenvalue weighted by molar-refractivity contribution is 0.426. The second-order valence-electron chi connectivity index (χ2n) is 6.34. The molecule has 25 heavy (non-hydrogen) atoms. The van der Waals surface area contributed by atoms with E-state index in [2.05, 4.69) is 54.6 Å². The molecule has 0 unspecified atom stereocenters. The highest BCUT2D eigenvalue weighted by atomic mass is 28.3. The van der Waals surface area contributed by atoms with Crippen molar-refractivity contribution in [1.82, 2.24) is 0 Å². The van der Waals surface area contributed by atoms with Gasteiger partial charge in [-0.15, -0.1) is 0 Å². The summed E-state index contributed by atoms with van der Waals surface area (Å²) >= 11 is 0. The second-order valence-corrected chi connectivity index (χ2v) is 7.52. The summed E-state index contributed by atoms with van der Waals surface area (Å²) in [6, 6.07) is 26.8. The molecule has 0 bridgehead atoms. The van der Waals surface area contributed by atoms with Crippen LogP contribution in [-0.2, 0) is 0 Å². The Morgan fingerprint density at radius 1 is 0.520 bits per heavy atom. The molecule has 0 aliphatic heterocycles. The zero-order valence-electron chi connectivity index (χ0n) is 13.4. The van der Waals surface area contributed by atoms with Gasteiger partial charge in [0.05, 0.1) is 0 Å². The van der Waals surface area contributed by atoms with Crippen molar-refractivity contribution in [1.29, 1.82) is 0 Å². The first kappa shape index (κ1) is 14.6. The summed E-state index contributed by atoms with van der Waals surface area (Å²) in [6.45, 7) is 0. The van der Waals surface area contributed by atoms with E-state index >= 15 is 0 Å². The summed E-state index contributed by atoms with van der Waals surface area (Å²) in [5, 5.41) is 7.97. The third kappa shape index (κ3) is 2.11. The Hall–Kier alpha value is -2.72. The van der Waals surface area contributed by atoms with E-state index in [1.54, 1.807) is 0 Å². The van der Waals surface area contributed by atoms with Gasteiger partial charge in [0.1, 0.15) is 0 Å². The molecule has 0 aliphatic carbocycles.